The Kier molecular flexibility index (Phi) is 3.86. The van der Waals surface area contributed by atoms with Crippen molar-refractivity contribution in [2.24, 2.45) is 7.05 Å². The fraction of sp³-hybridized carbons (Fsp3) is 0.100. The van der Waals surface area contributed by atoms with Crippen LogP contribution >= 0.6 is 0 Å². The first-order valence-electron chi connectivity index (χ1n) is 8.95. The number of benzene rings is 2. The van der Waals surface area contributed by atoms with Gasteiger partial charge in [-0.2, -0.15) is 4.98 Å². The lowest BCUT2D eigenvalue weighted by Gasteiger charge is -2.07. The van der Waals surface area contributed by atoms with Crippen LogP contribution in [-0.4, -0.2) is 29.5 Å². The third-order valence-corrected chi connectivity index (χ3v) is 4.54. The summed E-state index contributed by atoms with van der Waals surface area (Å²) in [6.45, 7) is 0.539. The van der Waals surface area contributed by atoms with Gasteiger partial charge in [-0.25, -0.2) is 15.0 Å². The normalized spacial score (nSPS) is 11.2. The molecule has 0 amide bonds. The highest BCUT2D eigenvalue weighted by molar-refractivity contribution is 5.79. The van der Waals surface area contributed by atoms with Crippen LogP contribution in [0, 0.1) is 0 Å². The number of aryl methyl sites for hydroxylation is 1. The van der Waals surface area contributed by atoms with E-state index >= 15 is 0 Å². The summed E-state index contributed by atoms with van der Waals surface area (Å²) in [7, 11) is 1.96. The van der Waals surface area contributed by atoms with Crippen molar-refractivity contribution in [3.8, 4) is 0 Å². The number of para-hydroxylation sites is 4. The molecule has 8 nitrogen and oxygen atoms in total. The summed E-state index contributed by atoms with van der Waals surface area (Å²) < 4.78 is 1.98. The number of anilines is 3. The van der Waals surface area contributed by atoms with E-state index in [4.69, 9.17) is 0 Å². The lowest BCUT2D eigenvalue weighted by molar-refractivity contribution is 0.947. The monoisotopic (exact) mass is 370 g/mol. The van der Waals surface area contributed by atoms with Crippen LogP contribution in [0.4, 0.5) is 17.7 Å². The Morgan fingerprint density at radius 2 is 1.75 bits per heavy atom. The molecule has 3 heterocycles. The van der Waals surface area contributed by atoms with Crippen LogP contribution in [0.1, 0.15) is 5.82 Å². The molecule has 2 aromatic carbocycles. The molecular weight excluding hydrogens is 352 g/mol. The van der Waals surface area contributed by atoms with Crippen molar-refractivity contribution in [2.75, 3.05) is 10.6 Å². The second kappa shape index (κ2) is 6.66. The average Bonchev–Trinajstić information content (AvgIpc) is 3.28. The molecule has 0 spiro atoms. The van der Waals surface area contributed by atoms with Crippen LogP contribution in [0.3, 0.4) is 0 Å². The molecule has 0 saturated heterocycles. The van der Waals surface area contributed by atoms with Gasteiger partial charge in [-0.15, -0.1) is 0 Å². The van der Waals surface area contributed by atoms with E-state index in [-0.39, 0.29) is 0 Å². The summed E-state index contributed by atoms with van der Waals surface area (Å²) in [5.41, 5.74) is 3.94. The van der Waals surface area contributed by atoms with Gasteiger partial charge in [0.05, 0.1) is 28.6 Å². The predicted molar refractivity (Wildman–Crippen MR) is 109 cm³/mol. The van der Waals surface area contributed by atoms with E-state index < -0.39 is 0 Å². The minimum absolute atomic E-state index is 0.480. The number of rotatable bonds is 5. The van der Waals surface area contributed by atoms with E-state index in [2.05, 4.69) is 35.6 Å². The molecule has 0 unspecified atom stereocenters. The van der Waals surface area contributed by atoms with Crippen LogP contribution in [0.25, 0.3) is 22.1 Å². The summed E-state index contributed by atoms with van der Waals surface area (Å²) >= 11 is 0. The largest absolute Gasteiger partial charge is 0.363 e. The van der Waals surface area contributed by atoms with Crippen LogP contribution in [0.2, 0.25) is 0 Å². The van der Waals surface area contributed by atoms with Crippen LogP contribution < -0.4 is 10.6 Å². The van der Waals surface area contributed by atoms with Gasteiger partial charge in [0.15, 0.2) is 0 Å². The van der Waals surface area contributed by atoms with Crippen molar-refractivity contribution in [1.82, 2.24) is 29.5 Å². The van der Waals surface area contributed by atoms with Gasteiger partial charge >= 0.3 is 0 Å². The average molecular weight is 370 g/mol. The highest BCUT2D eigenvalue weighted by Crippen LogP contribution is 2.20. The second-order valence-corrected chi connectivity index (χ2v) is 6.43. The van der Waals surface area contributed by atoms with Gasteiger partial charge in [0.25, 0.3) is 0 Å². The zero-order valence-corrected chi connectivity index (χ0v) is 15.2. The molecule has 0 aliphatic carbocycles. The lowest BCUT2D eigenvalue weighted by Crippen LogP contribution is -2.06. The number of nitrogens with one attached hydrogen (secondary N) is 3. The SMILES string of the molecule is Cn1c(Nc2nccc(NCc3nc4ccccc4[nH]3)n2)nc2ccccc21. The fourth-order valence-electron chi connectivity index (χ4n) is 3.14. The maximum absolute atomic E-state index is 4.59. The van der Waals surface area contributed by atoms with Crippen LogP contribution in [0.5, 0.6) is 0 Å². The Balaban J connectivity index is 1.33. The van der Waals surface area contributed by atoms with Crippen LogP contribution in [0.15, 0.2) is 60.8 Å². The van der Waals surface area contributed by atoms with E-state index in [9.17, 15) is 0 Å². The summed E-state index contributed by atoms with van der Waals surface area (Å²) in [5, 5.41) is 6.47. The first kappa shape index (κ1) is 16.2. The van der Waals surface area contributed by atoms with Crippen molar-refractivity contribution in [2.45, 2.75) is 6.54 Å². The Morgan fingerprint density at radius 1 is 0.929 bits per heavy atom. The van der Waals surface area contributed by atoms with Gasteiger partial charge in [-0.1, -0.05) is 24.3 Å². The van der Waals surface area contributed by atoms with Crippen molar-refractivity contribution in [3.05, 3.63) is 66.6 Å². The molecule has 3 aromatic heterocycles. The molecule has 8 heteroatoms. The molecule has 0 aliphatic rings. The molecule has 0 atom stereocenters. The number of aromatic nitrogens is 6. The third-order valence-electron chi connectivity index (χ3n) is 4.54. The number of hydrogen-bond donors (Lipinski definition) is 3. The van der Waals surface area contributed by atoms with Crippen molar-refractivity contribution >= 4 is 39.8 Å². The number of aromatic amines is 1. The zero-order chi connectivity index (χ0) is 18.9. The highest BCUT2D eigenvalue weighted by Gasteiger charge is 2.09. The van der Waals surface area contributed by atoms with Crippen molar-refractivity contribution in [1.29, 1.82) is 0 Å². The number of H-pyrrole nitrogens is 1. The molecule has 0 saturated carbocycles. The Bertz CT molecular complexity index is 1240. The maximum Gasteiger partial charge on any atom is 0.231 e. The van der Waals surface area contributed by atoms with E-state index in [1.54, 1.807) is 6.20 Å². The second-order valence-electron chi connectivity index (χ2n) is 6.43. The minimum Gasteiger partial charge on any atom is -0.363 e. The maximum atomic E-state index is 4.59. The topological polar surface area (TPSA) is 96.3 Å². The molecule has 0 fully saturated rings. The first-order chi connectivity index (χ1) is 13.8. The Morgan fingerprint density at radius 3 is 2.61 bits per heavy atom. The number of fused-ring (bicyclic) bond motifs is 2. The smallest absolute Gasteiger partial charge is 0.231 e. The summed E-state index contributed by atoms with van der Waals surface area (Å²) in [6.07, 6.45) is 1.71. The van der Waals surface area contributed by atoms with E-state index in [1.165, 1.54) is 0 Å². The van der Waals surface area contributed by atoms with Gasteiger partial charge in [-0.05, 0) is 30.3 Å². The van der Waals surface area contributed by atoms with Gasteiger partial charge in [0.2, 0.25) is 11.9 Å². The molecule has 28 heavy (non-hydrogen) atoms. The molecule has 0 bridgehead atoms. The third kappa shape index (κ3) is 3.01. The molecule has 3 N–H and O–H groups in total. The van der Waals surface area contributed by atoms with E-state index in [1.807, 2.05) is 66.2 Å². The summed E-state index contributed by atoms with van der Waals surface area (Å²) in [6, 6.07) is 17.7. The van der Waals surface area contributed by atoms with Crippen molar-refractivity contribution in [3.63, 3.8) is 0 Å². The van der Waals surface area contributed by atoms with Gasteiger partial charge in [-0.3, -0.25) is 5.32 Å². The van der Waals surface area contributed by atoms with Gasteiger partial charge < -0.3 is 14.9 Å². The number of hydrogen-bond acceptors (Lipinski definition) is 6. The quantitative estimate of drug-likeness (QED) is 0.437. The zero-order valence-electron chi connectivity index (χ0n) is 15.2. The minimum atomic E-state index is 0.480. The van der Waals surface area contributed by atoms with Gasteiger partial charge in [0.1, 0.15) is 11.6 Å². The molecule has 5 rings (SSSR count). The predicted octanol–water partition coefficient (Wildman–Crippen LogP) is 3.60. The molecule has 138 valence electrons. The molecule has 0 aliphatic heterocycles. The fourth-order valence-corrected chi connectivity index (χ4v) is 3.14. The van der Waals surface area contributed by atoms with Gasteiger partial charge in [0, 0.05) is 13.2 Å². The first-order valence-corrected chi connectivity index (χ1v) is 8.95. The molecule has 0 radical (unpaired) electrons. The molecular formula is C20H18N8. The van der Waals surface area contributed by atoms with E-state index in [0.717, 1.165) is 27.9 Å². The lowest BCUT2D eigenvalue weighted by atomic mass is 10.3. The highest BCUT2D eigenvalue weighted by atomic mass is 15.3. The Labute approximate surface area is 160 Å². The number of nitrogens with zero attached hydrogens (tertiary/aromatic N) is 5. The summed E-state index contributed by atoms with van der Waals surface area (Å²) in [4.78, 5) is 21.3. The standard InChI is InChI=1S/C20H18N8/c1-28-16-9-5-4-8-15(16)25-20(28)27-19-21-11-10-17(26-19)22-12-18-23-13-6-2-3-7-14(13)24-18/h2-11H,12H2,1H3,(H,23,24)(H2,21,22,25,26,27). The van der Waals surface area contributed by atoms with Crippen LogP contribution in [-0.2, 0) is 13.6 Å². The van der Waals surface area contributed by atoms with E-state index in [0.29, 0.717) is 24.3 Å². The summed E-state index contributed by atoms with van der Waals surface area (Å²) in [5.74, 6) is 2.73. The Hall–Kier alpha value is -3.94. The van der Waals surface area contributed by atoms with Crippen molar-refractivity contribution < 1.29 is 0 Å². The molecule has 5 aromatic rings. The number of imidazole rings is 2.